The maximum Gasteiger partial charge on any atom is 0.264 e. The largest absolute Gasteiger partial charge is 0.497 e. The number of benzene rings is 3. The minimum Gasteiger partial charge on any atom is -0.497 e. The van der Waals surface area contributed by atoms with Crippen LogP contribution in [0.4, 0.5) is 5.69 Å². The zero-order valence-electron chi connectivity index (χ0n) is 26.0. The molecule has 0 radical (unpaired) electrons. The van der Waals surface area contributed by atoms with E-state index in [9.17, 15) is 18.0 Å². The third kappa shape index (κ3) is 7.91. The maximum absolute atomic E-state index is 14.4. The van der Waals surface area contributed by atoms with Crippen LogP contribution in [0, 0.1) is 6.92 Å². The van der Waals surface area contributed by atoms with Gasteiger partial charge in [-0.05, 0) is 56.0 Å². The summed E-state index contributed by atoms with van der Waals surface area (Å²) in [6.45, 7) is 3.43. The van der Waals surface area contributed by atoms with Crippen molar-refractivity contribution in [2.45, 2.75) is 75.9 Å². The van der Waals surface area contributed by atoms with E-state index in [2.05, 4.69) is 5.32 Å². The van der Waals surface area contributed by atoms with Gasteiger partial charge in [-0.25, -0.2) is 8.42 Å². The van der Waals surface area contributed by atoms with Gasteiger partial charge >= 0.3 is 0 Å². The van der Waals surface area contributed by atoms with Crippen molar-refractivity contribution in [3.8, 4) is 11.5 Å². The molecule has 0 unspecified atom stereocenters. The number of rotatable bonds is 13. The summed E-state index contributed by atoms with van der Waals surface area (Å²) in [5.41, 5.74) is 2.06. The van der Waals surface area contributed by atoms with E-state index in [0.29, 0.717) is 12.2 Å². The number of sulfonamides is 1. The number of nitrogens with one attached hydrogen (secondary N) is 1. The molecule has 3 aromatic rings. The molecule has 0 aromatic heterocycles. The molecule has 1 aliphatic carbocycles. The summed E-state index contributed by atoms with van der Waals surface area (Å²) in [6, 6.07) is 19.8. The van der Waals surface area contributed by atoms with Gasteiger partial charge in [0.2, 0.25) is 11.8 Å². The number of hydrogen-bond donors (Lipinski definition) is 1. The van der Waals surface area contributed by atoms with Gasteiger partial charge < -0.3 is 19.7 Å². The Hall–Kier alpha value is -4.05. The van der Waals surface area contributed by atoms with E-state index in [0.717, 1.165) is 47.5 Å². The van der Waals surface area contributed by atoms with Gasteiger partial charge in [-0.15, -0.1) is 0 Å². The van der Waals surface area contributed by atoms with Crippen LogP contribution in [-0.4, -0.2) is 58.0 Å². The average Bonchev–Trinajstić information content (AvgIpc) is 3.04. The van der Waals surface area contributed by atoms with E-state index >= 15 is 0 Å². The van der Waals surface area contributed by atoms with E-state index in [1.807, 2.05) is 38.1 Å². The molecular weight excluding hydrogens is 578 g/mol. The summed E-state index contributed by atoms with van der Waals surface area (Å²) >= 11 is 0. The molecule has 44 heavy (non-hydrogen) atoms. The second kappa shape index (κ2) is 15.1. The van der Waals surface area contributed by atoms with Gasteiger partial charge in [0.05, 0.1) is 24.8 Å². The van der Waals surface area contributed by atoms with Crippen molar-refractivity contribution in [3.63, 3.8) is 0 Å². The van der Waals surface area contributed by atoms with Gasteiger partial charge in [-0.2, -0.15) is 0 Å². The lowest BCUT2D eigenvalue weighted by Crippen LogP contribution is -2.54. The monoisotopic (exact) mass is 621 g/mol. The molecular formula is C34H43N3O6S. The Kier molecular flexibility index (Phi) is 11.3. The van der Waals surface area contributed by atoms with Crippen molar-refractivity contribution < 1.29 is 27.5 Å². The zero-order chi connectivity index (χ0) is 31.7. The summed E-state index contributed by atoms with van der Waals surface area (Å²) < 4.78 is 40.3. The van der Waals surface area contributed by atoms with Gasteiger partial charge in [-0.3, -0.25) is 13.9 Å². The van der Waals surface area contributed by atoms with Crippen LogP contribution in [0.15, 0.2) is 77.7 Å². The molecule has 10 heteroatoms. The number of aryl methyl sites for hydroxylation is 1. The number of amides is 2. The molecule has 0 aliphatic heterocycles. The van der Waals surface area contributed by atoms with Crippen molar-refractivity contribution in [2.75, 3.05) is 25.1 Å². The third-order valence-corrected chi connectivity index (χ3v) is 9.85. The highest BCUT2D eigenvalue weighted by atomic mass is 32.2. The van der Waals surface area contributed by atoms with Crippen LogP contribution in [0.25, 0.3) is 0 Å². The Morgan fingerprint density at radius 1 is 0.932 bits per heavy atom. The topological polar surface area (TPSA) is 105 Å². The van der Waals surface area contributed by atoms with Gasteiger partial charge in [0, 0.05) is 18.7 Å². The first-order valence-corrected chi connectivity index (χ1v) is 16.6. The Balaban J connectivity index is 1.76. The number of anilines is 1. The minimum atomic E-state index is -4.24. The lowest BCUT2D eigenvalue weighted by molar-refractivity contribution is -0.140. The predicted octanol–water partition coefficient (Wildman–Crippen LogP) is 5.46. The summed E-state index contributed by atoms with van der Waals surface area (Å²) in [6.07, 6.45) is 5.45. The SMILES string of the molecule is CC[C@@H](C(=O)NC1CCCCC1)N(Cc1ccc(C)cc1)C(=O)CN(c1cc(OC)ccc1OC)S(=O)(=O)c1ccccc1. The molecule has 9 nitrogen and oxygen atoms in total. The maximum atomic E-state index is 14.4. The fourth-order valence-corrected chi connectivity index (χ4v) is 7.02. The molecule has 0 saturated heterocycles. The van der Waals surface area contributed by atoms with E-state index in [-0.39, 0.29) is 34.8 Å². The fourth-order valence-electron chi connectivity index (χ4n) is 5.58. The second-order valence-corrected chi connectivity index (χ2v) is 13.0. The van der Waals surface area contributed by atoms with Crippen molar-refractivity contribution in [3.05, 3.63) is 83.9 Å². The van der Waals surface area contributed by atoms with Crippen molar-refractivity contribution in [1.82, 2.24) is 10.2 Å². The predicted molar refractivity (Wildman–Crippen MR) is 171 cm³/mol. The highest BCUT2D eigenvalue weighted by Crippen LogP contribution is 2.36. The Bertz CT molecular complexity index is 1510. The van der Waals surface area contributed by atoms with Crippen molar-refractivity contribution >= 4 is 27.5 Å². The highest BCUT2D eigenvalue weighted by molar-refractivity contribution is 7.92. The number of methoxy groups -OCH3 is 2. The fraction of sp³-hybridized carbons (Fsp3) is 0.412. The van der Waals surface area contributed by atoms with Gasteiger partial charge in [0.1, 0.15) is 24.1 Å². The molecule has 0 bridgehead atoms. The highest BCUT2D eigenvalue weighted by Gasteiger charge is 2.35. The Morgan fingerprint density at radius 3 is 2.23 bits per heavy atom. The summed E-state index contributed by atoms with van der Waals surface area (Å²) in [5, 5.41) is 3.17. The number of ether oxygens (including phenoxy) is 2. The first kappa shape index (κ1) is 32.9. The number of carbonyl (C=O) groups is 2. The molecule has 1 N–H and O–H groups in total. The van der Waals surface area contributed by atoms with Crippen molar-refractivity contribution in [1.29, 1.82) is 0 Å². The molecule has 1 fully saturated rings. The number of carbonyl (C=O) groups excluding carboxylic acids is 2. The molecule has 2 amide bonds. The molecule has 1 atom stereocenters. The molecule has 0 heterocycles. The van der Waals surface area contributed by atoms with Crippen LogP contribution >= 0.6 is 0 Å². The van der Waals surface area contributed by atoms with Gasteiger partial charge in [0.15, 0.2) is 0 Å². The lowest BCUT2D eigenvalue weighted by atomic mass is 9.95. The standard InChI is InChI=1S/C34H43N3O6S/c1-5-30(34(39)35-27-12-8-6-9-13-27)36(23-26-18-16-25(2)17-19-26)33(38)24-37(44(40,41)29-14-10-7-11-15-29)31-22-28(42-3)20-21-32(31)43-4/h7,10-11,14-22,27,30H,5-6,8-9,12-13,23-24H2,1-4H3,(H,35,39)/t30-/m0/s1. The molecule has 3 aromatic carbocycles. The average molecular weight is 622 g/mol. The van der Waals surface area contributed by atoms with Gasteiger partial charge in [-0.1, -0.05) is 74.2 Å². The van der Waals surface area contributed by atoms with E-state index in [1.165, 1.54) is 37.3 Å². The molecule has 0 spiro atoms. The third-order valence-electron chi connectivity index (χ3n) is 8.08. The molecule has 1 aliphatic rings. The van der Waals surface area contributed by atoms with Crippen LogP contribution < -0.4 is 19.1 Å². The van der Waals surface area contributed by atoms with Crippen molar-refractivity contribution in [2.24, 2.45) is 0 Å². The smallest absolute Gasteiger partial charge is 0.264 e. The van der Waals surface area contributed by atoms with Crippen LogP contribution in [-0.2, 0) is 26.2 Å². The number of hydrogen-bond acceptors (Lipinski definition) is 6. The first-order chi connectivity index (χ1) is 21.2. The first-order valence-electron chi connectivity index (χ1n) is 15.1. The lowest BCUT2D eigenvalue weighted by Gasteiger charge is -2.34. The molecule has 236 valence electrons. The summed E-state index contributed by atoms with van der Waals surface area (Å²) in [7, 11) is -1.33. The zero-order valence-corrected chi connectivity index (χ0v) is 26.8. The normalized spacial score (nSPS) is 14.4. The van der Waals surface area contributed by atoms with Crippen LogP contribution in [0.3, 0.4) is 0 Å². The van der Waals surface area contributed by atoms with Crippen LogP contribution in [0.1, 0.15) is 56.6 Å². The van der Waals surface area contributed by atoms with E-state index in [1.54, 1.807) is 30.3 Å². The Labute approximate surface area is 261 Å². The Morgan fingerprint density at radius 2 is 1.61 bits per heavy atom. The summed E-state index contributed by atoms with van der Waals surface area (Å²) in [5.74, 6) is -0.0847. The quantitative estimate of drug-likeness (QED) is 0.272. The van der Waals surface area contributed by atoms with Crippen LogP contribution in [0.5, 0.6) is 11.5 Å². The summed E-state index contributed by atoms with van der Waals surface area (Å²) in [4.78, 5) is 29.6. The molecule has 4 rings (SSSR count). The van der Waals surface area contributed by atoms with Crippen LogP contribution in [0.2, 0.25) is 0 Å². The minimum absolute atomic E-state index is 0.0184. The van der Waals surface area contributed by atoms with E-state index in [4.69, 9.17) is 9.47 Å². The van der Waals surface area contributed by atoms with E-state index < -0.39 is 28.5 Å². The molecule has 1 saturated carbocycles. The number of nitrogens with zero attached hydrogens (tertiary/aromatic N) is 2. The second-order valence-electron chi connectivity index (χ2n) is 11.1. The van der Waals surface area contributed by atoms with Gasteiger partial charge in [0.25, 0.3) is 10.0 Å².